The molecule has 3 aromatic rings. The first-order valence-electron chi connectivity index (χ1n) is 13.0. The van der Waals surface area contributed by atoms with Crippen LogP contribution in [-0.2, 0) is 9.84 Å². The Balaban J connectivity index is 1.66. The molecule has 4 rings (SSSR count). The first kappa shape index (κ1) is 28.1. The predicted octanol–water partition coefficient (Wildman–Crippen LogP) is 6.71. The third-order valence-electron chi connectivity index (χ3n) is 6.47. The third-order valence-corrected chi connectivity index (χ3v) is 8.96. The predicted molar refractivity (Wildman–Crippen MR) is 154 cm³/mol. The summed E-state index contributed by atoms with van der Waals surface area (Å²) in [7, 11) is -3.52. The van der Waals surface area contributed by atoms with Gasteiger partial charge in [-0.15, -0.1) is 0 Å². The standard InChI is InChI=1S/C28H36ClN5O3S/c1-17(2)37-25-15-20(22-10-8-9-13-30-22)19(5)14-24(25)33-28-31-16-21(29)27(34-28)32-23-11-6-7-12-26(23)38(35,36)18(3)4/h6-7,11-12,14-18,22,30H,8-10,13H2,1-5H3,(H2,31,32,33,34)/t22-/m0/s1. The Morgan fingerprint density at radius 3 is 2.53 bits per heavy atom. The van der Waals surface area contributed by atoms with Crippen molar-refractivity contribution in [3.8, 4) is 5.75 Å². The molecule has 10 heteroatoms. The number of halogens is 1. The summed E-state index contributed by atoms with van der Waals surface area (Å²) in [5.74, 6) is 1.31. The van der Waals surface area contributed by atoms with Gasteiger partial charge >= 0.3 is 0 Å². The van der Waals surface area contributed by atoms with E-state index in [1.807, 2.05) is 13.8 Å². The van der Waals surface area contributed by atoms with Gasteiger partial charge in [-0.1, -0.05) is 30.2 Å². The van der Waals surface area contributed by atoms with Crippen molar-refractivity contribution in [2.75, 3.05) is 17.2 Å². The van der Waals surface area contributed by atoms with Crippen molar-refractivity contribution in [2.24, 2.45) is 0 Å². The molecule has 1 saturated heterocycles. The van der Waals surface area contributed by atoms with Gasteiger partial charge in [-0.25, -0.2) is 13.4 Å². The molecule has 0 unspecified atom stereocenters. The van der Waals surface area contributed by atoms with Gasteiger partial charge in [0.15, 0.2) is 15.7 Å². The van der Waals surface area contributed by atoms with Crippen LogP contribution in [0.3, 0.4) is 0 Å². The molecule has 1 aromatic heterocycles. The zero-order valence-electron chi connectivity index (χ0n) is 22.5. The second-order valence-corrected chi connectivity index (χ2v) is 13.0. The van der Waals surface area contributed by atoms with Gasteiger partial charge < -0.3 is 20.7 Å². The Kier molecular flexibility index (Phi) is 8.80. The van der Waals surface area contributed by atoms with E-state index in [-0.39, 0.29) is 16.0 Å². The quantitative estimate of drug-likeness (QED) is 0.266. The number of ether oxygens (including phenoxy) is 1. The van der Waals surface area contributed by atoms with Crippen LogP contribution in [0.5, 0.6) is 5.75 Å². The van der Waals surface area contributed by atoms with Gasteiger partial charge in [0.2, 0.25) is 5.95 Å². The summed E-state index contributed by atoms with van der Waals surface area (Å²) < 4.78 is 32.0. The van der Waals surface area contributed by atoms with E-state index < -0.39 is 15.1 Å². The highest BCUT2D eigenvalue weighted by molar-refractivity contribution is 7.92. The Morgan fingerprint density at radius 2 is 1.84 bits per heavy atom. The van der Waals surface area contributed by atoms with Gasteiger partial charge in [0.25, 0.3) is 0 Å². The highest BCUT2D eigenvalue weighted by Gasteiger charge is 2.24. The van der Waals surface area contributed by atoms with Crippen molar-refractivity contribution < 1.29 is 13.2 Å². The Bertz CT molecular complexity index is 1390. The van der Waals surface area contributed by atoms with Crippen LogP contribution in [0.1, 0.15) is 64.1 Å². The average molecular weight is 558 g/mol. The molecule has 1 aliphatic rings. The minimum Gasteiger partial charge on any atom is -0.489 e. The van der Waals surface area contributed by atoms with Crippen LogP contribution in [-0.4, -0.2) is 36.3 Å². The summed E-state index contributed by atoms with van der Waals surface area (Å²) in [5, 5.41) is 9.69. The molecular formula is C28H36ClN5O3S. The number of aromatic nitrogens is 2. The van der Waals surface area contributed by atoms with Crippen LogP contribution < -0.4 is 20.7 Å². The highest BCUT2D eigenvalue weighted by atomic mass is 35.5. The van der Waals surface area contributed by atoms with Crippen molar-refractivity contribution in [2.45, 2.75) is 76.2 Å². The van der Waals surface area contributed by atoms with E-state index in [1.54, 1.807) is 38.1 Å². The lowest BCUT2D eigenvalue weighted by Gasteiger charge is -2.27. The van der Waals surface area contributed by atoms with E-state index in [4.69, 9.17) is 16.3 Å². The van der Waals surface area contributed by atoms with E-state index >= 15 is 0 Å². The lowest BCUT2D eigenvalue weighted by atomic mass is 9.93. The largest absolute Gasteiger partial charge is 0.489 e. The summed E-state index contributed by atoms with van der Waals surface area (Å²) in [6, 6.07) is 11.2. The van der Waals surface area contributed by atoms with Gasteiger partial charge in [0.1, 0.15) is 10.8 Å². The molecule has 2 heterocycles. The molecule has 1 aliphatic heterocycles. The molecule has 204 valence electrons. The first-order chi connectivity index (χ1) is 18.1. The maximum atomic E-state index is 12.9. The van der Waals surface area contributed by atoms with Gasteiger partial charge in [-0.05, 0) is 89.4 Å². The number of para-hydroxylation sites is 1. The number of sulfone groups is 1. The first-order valence-corrected chi connectivity index (χ1v) is 14.9. The normalized spacial score (nSPS) is 16.1. The fourth-order valence-electron chi connectivity index (χ4n) is 4.48. The zero-order chi connectivity index (χ0) is 27.4. The SMILES string of the molecule is Cc1cc(Nc2ncc(Cl)c(Nc3ccccc3S(=O)(=O)C(C)C)n2)c(OC(C)C)cc1[C@@H]1CCCCN1. The van der Waals surface area contributed by atoms with Crippen LogP contribution in [0.2, 0.25) is 5.02 Å². The molecule has 8 nitrogen and oxygen atoms in total. The van der Waals surface area contributed by atoms with Crippen LogP contribution in [0, 0.1) is 6.92 Å². The summed E-state index contributed by atoms with van der Waals surface area (Å²) in [5.41, 5.74) is 3.51. The maximum absolute atomic E-state index is 12.9. The number of benzene rings is 2. The molecule has 3 N–H and O–H groups in total. The van der Waals surface area contributed by atoms with E-state index in [0.29, 0.717) is 23.5 Å². The van der Waals surface area contributed by atoms with Gasteiger partial charge in [0, 0.05) is 6.04 Å². The summed E-state index contributed by atoms with van der Waals surface area (Å²) in [4.78, 5) is 9.11. The smallest absolute Gasteiger partial charge is 0.229 e. The zero-order valence-corrected chi connectivity index (χ0v) is 24.1. The fraction of sp³-hybridized carbons (Fsp3) is 0.429. The topological polar surface area (TPSA) is 105 Å². The molecule has 0 spiro atoms. The molecule has 0 amide bonds. The molecule has 2 aromatic carbocycles. The number of rotatable bonds is 9. The number of hydrogen-bond donors (Lipinski definition) is 3. The lowest BCUT2D eigenvalue weighted by Crippen LogP contribution is -2.27. The third kappa shape index (κ3) is 6.39. The van der Waals surface area contributed by atoms with Crippen LogP contribution in [0.25, 0.3) is 0 Å². The molecule has 0 radical (unpaired) electrons. The molecule has 0 aliphatic carbocycles. The number of hydrogen-bond acceptors (Lipinski definition) is 8. The monoisotopic (exact) mass is 557 g/mol. The number of anilines is 4. The van der Waals surface area contributed by atoms with Gasteiger partial charge in [-0.3, -0.25) is 0 Å². The second kappa shape index (κ2) is 11.9. The fourth-order valence-corrected chi connectivity index (χ4v) is 5.82. The van der Waals surface area contributed by atoms with Gasteiger partial charge in [-0.2, -0.15) is 4.98 Å². The summed E-state index contributed by atoms with van der Waals surface area (Å²) in [6.07, 6.45) is 4.96. The maximum Gasteiger partial charge on any atom is 0.229 e. The molecule has 1 atom stereocenters. The average Bonchev–Trinajstić information content (AvgIpc) is 2.88. The van der Waals surface area contributed by atoms with E-state index in [2.05, 4.69) is 45.0 Å². The summed E-state index contributed by atoms with van der Waals surface area (Å²) >= 11 is 6.41. The number of aryl methyl sites for hydroxylation is 1. The van der Waals surface area contributed by atoms with Crippen molar-refractivity contribution in [1.82, 2.24) is 15.3 Å². The second-order valence-electron chi connectivity index (χ2n) is 10.1. The molecule has 1 fully saturated rings. The number of piperidine rings is 1. The minimum absolute atomic E-state index is 0.0202. The highest BCUT2D eigenvalue weighted by Crippen LogP contribution is 2.37. The number of nitrogens with zero attached hydrogens (tertiary/aromatic N) is 2. The lowest BCUT2D eigenvalue weighted by molar-refractivity contribution is 0.243. The van der Waals surface area contributed by atoms with Crippen molar-refractivity contribution in [3.05, 3.63) is 58.7 Å². The van der Waals surface area contributed by atoms with Crippen LogP contribution in [0.4, 0.5) is 23.1 Å². The Morgan fingerprint density at radius 1 is 1.08 bits per heavy atom. The van der Waals surface area contributed by atoms with Crippen molar-refractivity contribution in [3.63, 3.8) is 0 Å². The summed E-state index contributed by atoms with van der Waals surface area (Å²) in [6.45, 7) is 10.4. The minimum atomic E-state index is -3.52. The van der Waals surface area contributed by atoms with E-state index in [9.17, 15) is 8.42 Å². The van der Waals surface area contributed by atoms with Crippen LogP contribution in [0.15, 0.2) is 47.5 Å². The van der Waals surface area contributed by atoms with E-state index in [1.165, 1.54) is 24.6 Å². The van der Waals surface area contributed by atoms with Gasteiger partial charge in [0.05, 0.1) is 33.8 Å². The molecular weight excluding hydrogens is 522 g/mol. The van der Waals surface area contributed by atoms with Crippen LogP contribution >= 0.6 is 11.6 Å². The molecule has 38 heavy (non-hydrogen) atoms. The molecule has 0 bridgehead atoms. The molecule has 0 saturated carbocycles. The van der Waals surface area contributed by atoms with E-state index in [0.717, 1.165) is 30.0 Å². The Labute approximate surface area is 230 Å². The van der Waals surface area contributed by atoms with Crippen molar-refractivity contribution >= 4 is 44.6 Å². The van der Waals surface area contributed by atoms with Crippen molar-refractivity contribution in [1.29, 1.82) is 0 Å². The Hall–Kier alpha value is -2.88. The number of nitrogens with one attached hydrogen (secondary N) is 3.